The summed E-state index contributed by atoms with van der Waals surface area (Å²) < 4.78 is 0. The van der Waals surface area contributed by atoms with Crippen LogP contribution < -0.4 is 10.2 Å². The molecule has 6 nitrogen and oxygen atoms in total. The normalized spacial score (nSPS) is 20.4. The zero-order valence-electron chi connectivity index (χ0n) is 18.9. The predicted octanol–water partition coefficient (Wildman–Crippen LogP) is 2.99. The third kappa shape index (κ3) is 5.97. The maximum absolute atomic E-state index is 12.8. The van der Waals surface area contributed by atoms with E-state index in [1.165, 1.54) is 12.8 Å². The van der Waals surface area contributed by atoms with E-state index >= 15 is 0 Å². The number of hydrogen-bond donors (Lipinski definition) is 1. The number of benzene rings is 1. The first-order valence-electron chi connectivity index (χ1n) is 11.5. The van der Waals surface area contributed by atoms with Gasteiger partial charge in [0, 0.05) is 57.4 Å². The zero-order chi connectivity index (χ0) is 21.5. The Bertz CT molecular complexity index is 696. The van der Waals surface area contributed by atoms with Crippen LogP contribution in [0.15, 0.2) is 24.3 Å². The Kier molecular flexibility index (Phi) is 8.14. The van der Waals surface area contributed by atoms with Gasteiger partial charge in [0.1, 0.15) is 0 Å². The molecule has 0 aliphatic carbocycles. The molecular weight excluding hydrogens is 376 g/mol. The second-order valence-electron chi connectivity index (χ2n) is 8.94. The minimum atomic E-state index is 0.119. The summed E-state index contributed by atoms with van der Waals surface area (Å²) >= 11 is 0. The third-order valence-corrected chi connectivity index (χ3v) is 6.75. The Morgan fingerprint density at radius 1 is 1.07 bits per heavy atom. The molecule has 1 aromatic rings. The number of likely N-dealkylation sites (N-methyl/N-ethyl adjacent to an activating group) is 1. The summed E-state index contributed by atoms with van der Waals surface area (Å²) in [6.45, 7) is 6.77. The van der Waals surface area contributed by atoms with E-state index in [2.05, 4.69) is 17.1 Å². The summed E-state index contributed by atoms with van der Waals surface area (Å²) in [6.07, 6.45) is 5.93. The summed E-state index contributed by atoms with van der Waals surface area (Å²) in [7, 11) is 3.99. The maximum atomic E-state index is 12.8. The predicted molar refractivity (Wildman–Crippen MR) is 122 cm³/mol. The van der Waals surface area contributed by atoms with E-state index in [9.17, 15) is 9.59 Å². The van der Waals surface area contributed by atoms with Crippen molar-refractivity contribution in [2.75, 3.05) is 51.7 Å². The molecule has 0 aromatic heterocycles. The molecule has 2 amide bonds. The van der Waals surface area contributed by atoms with Crippen LogP contribution in [0.4, 0.5) is 5.69 Å². The fourth-order valence-electron chi connectivity index (χ4n) is 4.71. The molecule has 0 saturated carbocycles. The highest BCUT2D eigenvalue weighted by Crippen LogP contribution is 2.24. The average Bonchev–Trinajstić information content (AvgIpc) is 3.24. The number of nitrogens with zero attached hydrogens (tertiary/aromatic N) is 3. The quantitative estimate of drug-likeness (QED) is 0.711. The molecule has 6 heteroatoms. The largest absolute Gasteiger partial charge is 0.378 e. The van der Waals surface area contributed by atoms with Crippen molar-refractivity contribution in [2.24, 2.45) is 5.92 Å². The number of carbonyl (C=O) groups is 2. The van der Waals surface area contributed by atoms with E-state index in [4.69, 9.17) is 0 Å². The molecule has 1 N–H and O–H groups in total. The highest BCUT2D eigenvalue weighted by molar-refractivity contribution is 5.94. The lowest BCUT2D eigenvalue weighted by Crippen LogP contribution is -2.40. The number of amides is 2. The van der Waals surface area contributed by atoms with Crippen LogP contribution in [0.2, 0.25) is 0 Å². The molecule has 1 atom stereocenters. The van der Waals surface area contributed by atoms with Crippen LogP contribution in [0.25, 0.3) is 0 Å². The van der Waals surface area contributed by atoms with Crippen molar-refractivity contribution in [2.45, 2.75) is 51.5 Å². The number of hydrogen-bond acceptors (Lipinski definition) is 4. The van der Waals surface area contributed by atoms with Gasteiger partial charge in [0.05, 0.1) is 0 Å². The topological polar surface area (TPSA) is 55.9 Å². The van der Waals surface area contributed by atoms with Crippen molar-refractivity contribution in [3.05, 3.63) is 29.8 Å². The van der Waals surface area contributed by atoms with Crippen molar-refractivity contribution in [3.8, 4) is 0 Å². The highest BCUT2D eigenvalue weighted by atomic mass is 16.2. The zero-order valence-corrected chi connectivity index (χ0v) is 18.9. The number of rotatable bonds is 8. The second kappa shape index (κ2) is 10.8. The first kappa shape index (κ1) is 22.6. The number of piperidine rings is 1. The van der Waals surface area contributed by atoms with Gasteiger partial charge in [-0.05, 0) is 75.4 Å². The fraction of sp³-hybridized carbons (Fsp3) is 0.667. The Morgan fingerprint density at radius 2 is 1.77 bits per heavy atom. The molecular formula is C24H38N4O2. The fourth-order valence-corrected chi connectivity index (χ4v) is 4.71. The van der Waals surface area contributed by atoms with Crippen LogP contribution in [-0.2, 0) is 4.79 Å². The van der Waals surface area contributed by atoms with Crippen LogP contribution in [-0.4, -0.2) is 74.5 Å². The van der Waals surface area contributed by atoms with Gasteiger partial charge in [-0.15, -0.1) is 0 Å². The molecule has 30 heavy (non-hydrogen) atoms. The van der Waals surface area contributed by atoms with Gasteiger partial charge in [-0.1, -0.05) is 6.92 Å². The van der Waals surface area contributed by atoms with Gasteiger partial charge in [-0.3, -0.25) is 14.5 Å². The van der Waals surface area contributed by atoms with E-state index in [0.29, 0.717) is 18.4 Å². The molecule has 0 unspecified atom stereocenters. The molecule has 2 fully saturated rings. The number of likely N-dealkylation sites (tertiary alicyclic amines) is 2. The first-order valence-corrected chi connectivity index (χ1v) is 11.5. The lowest BCUT2D eigenvalue weighted by atomic mass is 9.91. The molecule has 2 aliphatic heterocycles. The molecule has 1 aromatic carbocycles. The molecule has 0 bridgehead atoms. The van der Waals surface area contributed by atoms with Crippen LogP contribution >= 0.6 is 0 Å². The van der Waals surface area contributed by atoms with E-state index in [0.717, 1.165) is 63.2 Å². The molecule has 0 spiro atoms. The van der Waals surface area contributed by atoms with Gasteiger partial charge in [0.15, 0.2) is 0 Å². The molecule has 166 valence electrons. The van der Waals surface area contributed by atoms with Crippen molar-refractivity contribution >= 4 is 17.5 Å². The van der Waals surface area contributed by atoms with E-state index < -0.39 is 0 Å². The Labute approximate surface area is 181 Å². The van der Waals surface area contributed by atoms with Crippen LogP contribution in [0.3, 0.4) is 0 Å². The van der Waals surface area contributed by atoms with E-state index in [-0.39, 0.29) is 11.8 Å². The molecule has 0 radical (unpaired) electrons. The SMILES string of the molecule is CCN1CCC[C@@H]1CNC(=O)CCC1CCN(C(=O)c2ccc(N(C)C)cc2)CC1. The van der Waals surface area contributed by atoms with Gasteiger partial charge in [0.2, 0.25) is 5.91 Å². The third-order valence-electron chi connectivity index (χ3n) is 6.75. The summed E-state index contributed by atoms with van der Waals surface area (Å²) in [5.41, 5.74) is 1.85. The van der Waals surface area contributed by atoms with Gasteiger partial charge >= 0.3 is 0 Å². The van der Waals surface area contributed by atoms with Crippen LogP contribution in [0.5, 0.6) is 0 Å². The summed E-state index contributed by atoms with van der Waals surface area (Å²) in [5.74, 6) is 0.834. The summed E-state index contributed by atoms with van der Waals surface area (Å²) in [6, 6.07) is 8.32. The minimum Gasteiger partial charge on any atom is -0.378 e. The van der Waals surface area contributed by atoms with Gasteiger partial charge in [-0.2, -0.15) is 0 Å². The molecule has 2 heterocycles. The van der Waals surface area contributed by atoms with Crippen molar-refractivity contribution in [3.63, 3.8) is 0 Å². The van der Waals surface area contributed by atoms with Crippen LogP contribution in [0, 0.1) is 5.92 Å². The number of anilines is 1. The standard InChI is InChI=1S/C24H38N4O2/c1-4-27-15-5-6-22(27)18-25-23(29)12-7-19-13-16-28(17-14-19)24(30)20-8-10-21(11-9-20)26(2)3/h8-11,19,22H,4-7,12-18H2,1-3H3,(H,25,29)/t22-/m1/s1. The van der Waals surface area contributed by atoms with Crippen LogP contribution in [0.1, 0.15) is 55.8 Å². The summed E-state index contributed by atoms with van der Waals surface area (Å²) in [5, 5.41) is 3.14. The molecule has 3 rings (SSSR count). The van der Waals surface area contributed by atoms with Crippen molar-refractivity contribution < 1.29 is 9.59 Å². The Hall–Kier alpha value is -2.08. The monoisotopic (exact) mass is 414 g/mol. The number of nitrogens with one attached hydrogen (secondary N) is 1. The van der Waals surface area contributed by atoms with Gasteiger partial charge in [0.25, 0.3) is 5.91 Å². The Balaban J connectivity index is 1.36. The van der Waals surface area contributed by atoms with Crippen molar-refractivity contribution in [1.82, 2.24) is 15.1 Å². The van der Waals surface area contributed by atoms with Crippen molar-refractivity contribution in [1.29, 1.82) is 0 Å². The lowest BCUT2D eigenvalue weighted by Gasteiger charge is -2.32. The minimum absolute atomic E-state index is 0.119. The lowest BCUT2D eigenvalue weighted by molar-refractivity contribution is -0.121. The average molecular weight is 415 g/mol. The summed E-state index contributed by atoms with van der Waals surface area (Å²) in [4.78, 5) is 31.5. The van der Waals surface area contributed by atoms with E-state index in [1.54, 1.807) is 0 Å². The first-order chi connectivity index (χ1) is 14.5. The molecule has 2 aliphatic rings. The van der Waals surface area contributed by atoms with Gasteiger partial charge < -0.3 is 15.1 Å². The van der Waals surface area contributed by atoms with E-state index in [1.807, 2.05) is 48.2 Å². The smallest absolute Gasteiger partial charge is 0.253 e. The second-order valence-corrected chi connectivity index (χ2v) is 8.94. The Morgan fingerprint density at radius 3 is 2.40 bits per heavy atom. The number of carbonyl (C=O) groups excluding carboxylic acids is 2. The highest BCUT2D eigenvalue weighted by Gasteiger charge is 2.25. The molecule has 2 saturated heterocycles. The van der Waals surface area contributed by atoms with Gasteiger partial charge in [-0.25, -0.2) is 0 Å². The maximum Gasteiger partial charge on any atom is 0.253 e.